The fraction of sp³-hybridized carbons (Fsp3) is 0.0588. The van der Waals surface area contributed by atoms with E-state index in [1.54, 1.807) is 18.2 Å². The average Bonchev–Trinajstić information content (AvgIpc) is 2.73. The van der Waals surface area contributed by atoms with Crippen molar-refractivity contribution in [1.82, 2.24) is 0 Å². The molecule has 110 valence electrons. The summed E-state index contributed by atoms with van der Waals surface area (Å²) in [6, 6.07) is 13.7. The Morgan fingerprint density at radius 2 is 1.95 bits per heavy atom. The summed E-state index contributed by atoms with van der Waals surface area (Å²) in [7, 11) is 0. The molecule has 22 heavy (non-hydrogen) atoms. The quantitative estimate of drug-likeness (QED) is 0.596. The van der Waals surface area contributed by atoms with Gasteiger partial charge in [0, 0.05) is 0 Å². The summed E-state index contributed by atoms with van der Waals surface area (Å²) in [5, 5.41) is 0. The second-order valence-electron chi connectivity index (χ2n) is 4.91. The van der Waals surface area contributed by atoms with Gasteiger partial charge in [0.2, 0.25) is 0 Å². The van der Waals surface area contributed by atoms with Crippen molar-refractivity contribution < 1.29 is 9.18 Å². The molecule has 1 heterocycles. The lowest BCUT2D eigenvalue weighted by Crippen LogP contribution is -2.27. The van der Waals surface area contributed by atoms with Crippen molar-refractivity contribution in [2.75, 3.05) is 4.90 Å². The molecular weight excluding hydrogens is 317 g/mol. The highest BCUT2D eigenvalue weighted by molar-refractivity contribution is 8.27. The van der Waals surface area contributed by atoms with E-state index < -0.39 is 0 Å². The van der Waals surface area contributed by atoms with Crippen LogP contribution in [0.2, 0.25) is 0 Å². The van der Waals surface area contributed by atoms with Crippen molar-refractivity contribution in [3.05, 3.63) is 70.4 Å². The van der Waals surface area contributed by atoms with E-state index in [-0.39, 0.29) is 11.7 Å². The molecule has 0 N–H and O–H groups in total. The minimum Gasteiger partial charge on any atom is -0.268 e. The molecule has 5 heteroatoms. The molecule has 0 atom stereocenters. The molecule has 0 radical (unpaired) electrons. The molecule has 0 unspecified atom stereocenters. The number of anilines is 1. The minimum absolute atomic E-state index is 0.176. The van der Waals surface area contributed by atoms with E-state index in [1.165, 1.54) is 28.8 Å². The first-order chi connectivity index (χ1) is 10.5. The van der Waals surface area contributed by atoms with Crippen molar-refractivity contribution in [2.45, 2.75) is 6.92 Å². The van der Waals surface area contributed by atoms with Crippen LogP contribution in [-0.2, 0) is 4.79 Å². The molecule has 0 saturated carbocycles. The normalized spacial score (nSPS) is 16.6. The number of benzene rings is 2. The Hall–Kier alpha value is -1.98. The Morgan fingerprint density at radius 3 is 2.68 bits per heavy atom. The number of hydrogen-bond donors (Lipinski definition) is 0. The number of nitrogens with zero attached hydrogens (tertiary/aromatic N) is 1. The highest BCUT2D eigenvalue weighted by Crippen LogP contribution is 2.36. The van der Waals surface area contributed by atoms with Gasteiger partial charge < -0.3 is 0 Å². The lowest BCUT2D eigenvalue weighted by Gasteiger charge is -2.14. The van der Waals surface area contributed by atoms with E-state index in [1.807, 2.05) is 31.2 Å². The molecular formula is C17H12FNOS2. The summed E-state index contributed by atoms with van der Waals surface area (Å²) in [5.74, 6) is -0.507. The van der Waals surface area contributed by atoms with Crippen LogP contribution in [-0.4, -0.2) is 10.2 Å². The zero-order valence-electron chi connectivity index (χ0n) is 11.7. The van der Waals surface area contributed by atoms with Crippen molar-refractivity contribution in [3.63, 3.8) is 0 Å². The van der Waals surface area contributed by atoms with E-state index in [2.05, 4.69) is 0 Å². The van der Waals surface area contributed by atoms with Gasteiger partial charge in [-0.15, -0.1) is 0 Å². The summed E-state index contributed by atoms with van der Waals surface area (Å²) < 4.78 is 13.7. The lowest BCUT2D eigenvalue weighted by molar-refractivity contribution is -0.113. The summed E-state index contributed by atoms with van der Waals surface area (Å²) in [4.78, 5) is 14.6. The Balaban J connectivity index is 1.95. The topological polar surface area (TPSA) is 20.3 Å². The number of halogens is 1. The summed E-state index contributed by atoms with van der Waals surface area (Å²) in [6.07, 6.45) is 1.66. The van der Waals surface area contributed by atoms with Gasteiger partial charge in [-0.1, -0.05) is 48.2 Å². The van der Waals surface area contributed by atoms with Crippen molar-refractivity contribution in [2.24, 2.45) is 0 Å². The Labute approximate surface area is 137 Å². The van der Waals surface area contributed by atoms with Crippen molar-refractivity contribution in [1.29, 1.82) is 0 Å². The second kappa shape index (κ2) is 6.02. The maximum atomic E-state index is 13.2. The first kappa shape index (κ1) is 14.9. The monoisotopic (exact) mass is 329 g/mol. The standard InChI is InChI=1S/C17H12FNOS2/c1-11-4-2-7-14(8-11)19-16(20)15(22-17(19)21)10-12-5-3-6-13(18)9-12/h2-10H,1H3/b15-10+. The molecule has 1 fully saturated rings. The molecule has 0 spiro atoms. The van der Waals surface area contributed by atoms with Crippen molar-refractivity contribution in [3.8, 4) is 0 Å². The Bertz CT molecular complexity index is 801. The average molecular weight is 329 g/mol. The minimum atomic E-state index is -0.331. The van der Waals surface area contributed by atoms with E-state index in [4.69, 9.17) is 12.2 Å². The second-order valence-corrected chi connectivity index (χ2v) is 6.59. The van der Waals surface area contributed by atoms with Gasteiger partial charge in [0.1, 0.15) is 5.82 Å². The molecule has 0 aromatic heterocycles. The SMILES string of the molecule is Cc1cccc(N2C(=O)/C(=C\c3cccc(F)c3)SC2=S)c1. The first-order valence-electron chi connectivity index (χ1n) is 6.65. The molecule has 0 bridgehead atoms. The zero-order chi connectivity index (χ0) is 15.7. The van der Waals surface area contributed by atoms with E-state index >= 15 is 0 Å². The maximum Gasteiger partial charge on any atom is 0.270 e. The number of hydrogen-bond acceptors (Lipinski definition) is 3. The van der Waals surface area contributed by atoms with Gasteiger partial charge in [-0.2, -0.15) is 0 Å². The number of rotatable bonds is 2. The first-order valence-corrected chi connectivity index (χ1v) is 7.87. The maximum absolute atomic E-state index is 13.2. The van der Waals surface area contributed by atoms with Gasteiger partial charge in [-0.05, 0) is 48.4 Å². The molecule has 3 rings (SSSR count). The number of carbonyl (C=O) groups excluding carboxylic acids is 1. The van der Waals surface area contributed by atoms with Crippen LogP contribution in [0.3, 0.4) is 0 Å². The Morgan fingerprint density at radius 1 is 1.18 bits per heavy atom. The van der Waals surface area contributed by atoms with Crippen LogP contribution < -0.4 is 4.90 Å². The van der Waals surface area contributed by atoms with E-state index in [0.717, 1.165) is 11.3 Å². The predicted octanol–water partition coefficient (Wildman–Crippen LogP) is 4.54. The van der Waals surface area contributed by atoms with Crippen LogP contribution >= 0.6 is 24.0 Å². The van der Waals surface area contributed by atoms with Crippen LogP contribution in [0.5, 0.6) is 0 Å². The van der Waals surface area contributed by atoms with Gasteiger partial charge in [0.05, 0.1) is 10.6 Å². The summed E-state index contributed by atoms with van der Waals surface area (Å²) in [5.41, 5.74) is 2.45. The number of aryl methyl sites for hydroxylation is 1. The van der Waals surface area contributed by atoms with Gasteiger partial charge in [0.25, 0.3) is 5.91 Å². The molecule has 1 aliphatic rings. The third-order valence-electron chi connectivity index (χ3n) is 3.20. The molecule has 0 aliphatic carbocycles. The third-order valence-corrected chi connectivity index (χ3v) is 4.50. The van der Waals surface area contributed by atoms with Crippen LogP contribution in [0.25, 0.3) is 6.08 Å². The molecule has 1 aliphatic heterocycles. The highest BCUT2D eigenvalue weighted by atomic mass is 32.2. The van der Waals surface area contributed by atoms with Gasteiger partial charge in [-0.25, -0.2) is 4.39 Å². The molecule has 1 saturated heterocycles. The number of thiocarbonyl (C=S) groups is 1. The van der Waals surface area contributed by atoms with Gasteiger partial charge in [-0.3, -0.25) is 9.69 Å². The van der Waals surface area contributed by atoms with Crippen LogP contribution in [0.15, 0.2) is 53.4 Å². The summed E-state index contributed by atoms with van der Waals surface area (Å²) >= 11 is 6.54. The largest absolute Gasteiger partial charge is 0.270 e. The highest BCUT2D eigenvalue weighted by Gasteiger charge is 2.33. The fourth-order valence-corrected chi connectivity index (χ4v) is 3.50. The van der Waals surface area contributed by atoms with Crippen LogP contribution in [0.1, 0.15) is 11.1 Å². The molecule has 2 nitrogen and oxygen atoms in total. The van der Waals surface area contributed by atoms with Gasteiger partial charge in [0.15, 0.2) is 4.32 Å². The van der Waals surface area contributed by atoms with E-state index in [0.29, 0.717) is 14.8 Å². The third kappa shape index (κ3) is 2.96. The van der Waals surface area contributed by atoms with Crippen LogP contribution in [0.4, 0.5) is 10.1 Å². The fourth-order valence-electron chi connectivity index (χ4n) is 2.21. The Kier molecular flexibility index (Phi) is 4.09. The number of amides is 1. The van der Waals surface area contributed by atoms with Gasteiger partial charge >= 0.3 is 0 Å². The zero-order valence-corrected chi connectivity index (χ0v) is 13.4. The van der Waals surface area contributed by atoms with E-state index in [9.17, 15) is 9.18 Å². The molecule has 2 aromatic rings. The lowest BCUT2D eigenvalue weighted by atomic mass is 10.2. The number of carbonyl (C=O) groups is 1. The predicted molar refractivity (Wildman–Crippen MR) is 93.2 cm³/mol. The molecule has 1 amide bonds. The van der Waals surface area contributed by atoms with Crippen LogP contribution in [0, 0.1) is 12.7 Å². The smallest absolute Gasteiger partial charge is 0.268 e. The summed E-state index contributed by atoms with van der Waals surface area (Å²) in [6.45, 7) is 1.96. The number of thioether (sulfide) groups is 1. The molecule has 2 aromatic carbocycles. The van der Waals surface area contributed by atoms with Crippen molar-refractivity contribution >= 4 is 46.0 Å².